The van der Waals surface area contributed by atoms with E-state index in [4.69, 9.17) is 5.10 Å². The highest BCUT2D eigenvalue weighted by atomic mass is 15.3. The first-order valence-corrected chi connectivity index (χ1v) is 10.3. The Morgan fingerprint density at radius 1 is 1.04 bits per heavy atom. The van der Waals surface area contributed by atoms with Gasteiger partial charge < -0.3 is 10.2 Å². The summed E-state index contributed by atoms with van der Waals surface area (Å²) in [5, 5.41) is 8.83. The number of aromatic nitrogens is 2. The SMILES string of the molecule is CC(C)c1ccccc1-n1nc(-c2cccc(N(C)C)c2)c2c1NCCCC2. The molecule has 0 saturated heterocycles. The predicted octanol–water partition coefficient (Wildman–Crippen LogP) is 5.48. The molecule has 4 heteroatoms. The van der Waals surface area contributed by atoms with Gasteiger partial charge in [-0.3, -0.25) is 0 Å². The molecule has 1 aliphatic rings. The Morgan fingerprint density at radius 2 is 1.86 bits per heavy atom. The van der Waals surface area contributed by atoms with Crippen LogP contribution in [0, 0.1) is 0 Å². The van der Waals surface area contributed by atoms with E-state index in [0.29, 0.717) is 5.92 Å². The van der Waals surface area contributed by atoms with Crippen LogP contribution >= 0.6 is 0 Å². The fraction of sp³-hybridized carbons (Fsp3) is 0.375. The molecule has 1 aromatic heterocycles. The molecule has 0 unspecified atom stereocenters. The molecule has 28 heavy (non-hydrogen) atoms. The minimum atomic E-state index is 0.447. The lowest BCUT2D eigenvalue weighted by molar-refractivity contribution is 0.776. The third-order valence-corrected chi connectivity index (χ3v) is 5.55. The van der Waals surface area contributed by atoms with Crippen LogP contribution in [0.2, 0.25) is 0 Å². The summed E-state index contributed by atoms with van der Waals surface area (Å²) in [7, 11) is 4.16. The summed E-state index contributed by atoms with van der Waals surface area (Å²) in [5.41, 5.74) is 7.33. The van der Waals surface area contributed by atoms with Crippen molar-refractivity contribution in [3.63, 3.8) is 0 Å². The van der Waals surface area contributed by atoms with Gasteiger partial charge in [-0.25, -0.2) is 4.68 Å². The van der Waals surface area contributed by atoms with Crippen LogP contribution in [0.3, 0.4) is 0 Å². The Balaban J connectivity index is 1.92. The second-order valence-corrected chi connectivity index (χ2v) is 8.13. The van der Waals surface area contributed by atoms with Gasteiger partial charge in [-0.1, -0.05) is 44.2 Å². The van der Waals surface area contributed by atoms with Gasteiger partial charge in [-0.2, -0.15) is 5.10 Å². The lowest BCUT2D eigenvalue weighted by Crippen LogP contribution is -2.09. The van der Waals surface area contributed by atoms with Crippen LogP contribution in [0.1, 0.15) is 43.7 Å². The van der Waals surface area contributed by atoms with Crippen LogP contribution in [-0.4, -0.2) is 30.4 Å². The normalized spacial score (nSPS) is 13.8. The van der Waals surface area contributed by atoms with Crippen molar-refractivity contribution in [1.29, 1.82) is 0 Å². The molecule has 2 aromatic carbocycles. The maximum absolute atomic E-state index is 5.15. The Hall–Kier alpha value is -2.75. The summed E-state index contributed by atoms with van der Waals surface area (Å²) in [6.07, 6.45) is 3.45. The molecular formula is C24H30N4. The standard InChI is InChI=1S/C24H30N4/c1-17(2)20-12-5-6-14-22(20)28-24-21(13-7-8-15-25-24)23(26-28)18-10-9-11-19(16-18)27(3)4/h5-6,9-12,14,16-17,25H,7-8,13,15H2,1-4H3. The molecule has 1 N–H and O–H groups in total. The number of rotatable bonds is 4. The van der Waals surface area contributed by atoms with E-state index in [1.165, 1.54) is 40.9 Å². The smallest absolute Gasteiger partial charge is 0.133 e. The number of hydrogen-bond acceptors (Lipinski definition) is 3. The van der Waals surface area contributed by atoms with Crippen molar-refractivity contribution in [1.82, 2.24) is 9.78 Å². The van der Waals surface area contributed by atoms with E-state index in [1.54, 1.807) is 0 Å². The van der Waals surface area contributed by atoms with Crippen LogP contribution in [-0.2, 0) is 6.42 Å². The summed E-state index contributed by atoms with van der Waals surface area (Å²) in [6, 6.07) is 17.3. The Labute approximate surface area is 168 Å². The molecule has 0 bridgehead atoms. The number of fused-ring (bicyclic) bond motifs is 1. The summed E-state index contributed by atoms with van der Waals surface area (Å²) >= 11 is 0. The zero-order valence-corrected chi connectivity index (χ0v) is 17.4. The van der Waals surface area contributed by atoms with E-state index in [1.807, 2.05) is 0 Å². The van der Waals surface area contributed by atoms with Crippen LogP contribution < -0.4 is 10.2 Å². The van der Waals surface area contributed by atoms with Crippen molar-refractivity contribution in [2.45, 2.75) is 39.0 Å². The minimum absolute atomic E-state index is 0.447. The third-order valence-electron chi connectivity index (χ3n) is 5.55. The van der Waals surface area contributed by atoms with Crippen molar-refractivity contribution < 1.29 is 0 Å². The molecule has 0 fully saturated rings. The molecule has 0 atom stereocenters. The largest absolute Gasteiger partial charge is 0.378 e. The van der Waals surface area contributed by atoms with E-state index in [9.17, 15) is 0 Å². The second kappa shape index (κ2) is 7.70. The molecule has 3 aromatic rings. The zero-order chi connectivity index (χ0) is 19.7. The summed E-state index contributed by atoms with van der Waals surface area (Å²) in [5.74, 6) is 1.61. The van der Waals surface area contributed by atoms with Gasteiger partial charge in [0.15, 0.2) is 0 Å². The van der Waals surface area contributed by atoms with E-state index in [-0.39, 0.29) is 0 Å². The van der Waals surface area contributed by atoms with Crippen LogP contribution in [0.25, 0.3) is 16.9 Å². The van der Waals surface area contributed by atoms with E-state index < -0.39 is 0 Å². The highest BCUT2D eigenvalue weighted by Crippen LogP contribution is 2.36. The van der Waals surface area contributed by atoms with Gasteiger partial charge in [0.05, 0.1) is 11.4 Å². The molecule has 1 aliphatic heterocycles. The van der Waals surface area contributed by atoms with Gasteiger partial charge in [0.25, 0.3) is 0 Å². The Bertz CT molecular complexity index is 968. The van der Waals surface area contributed by atoms with Gasteiger partial charge in [0.1, 0.15) is 5.82 Å². The fourth-order valence-electron chi connectivity index (χ4n) is 4.01. The monoisotopic (exact) mass is 374 g/mol. The number of nitrogens with zero attached hydrogens (tertiary/aromatic N) is 3. The first-order chi connectivity index (χ1) is 13.6. The lowest BCUT2D eigenvalue weighted by atomic mass is 10.0. The summed E-state index contributed by atoms with van der Waals surface area (Å²) in [4.78, 5) is 2.14. The van der Waals surface area contributed by atoms with Crippen molar-refractivity contribution in [2.24, 2.45) is 0 Å². The summed E-state index contributed by atoms with van der Waals surface area (Å²) in [6.45, 7) is 5.49. The molecule has 0 aliphatic carbocycles. The zero-order valence-electron chi connectivity index (χ0n) is 17.4. The molecule has 2 heterocycles. The van der Waals surface area contributed by atoms with Crippen molar-refractivity contribution in [3.8, 4) is 16.9 Å². The first-order valence-electron chi connectivity index (χ1n) is 10.3. The van der Waals surface area contributed by atoms with Crippen molar-refractivity contribution in [3.05, 3.63) is 59.7 Å². The highest BCUT2D eigenvalue weighted by Gasteiger charge is 2.23. The van der Waals surface area contributed by atoms with Gasteiger partial charge in [0.2, 0.25) is 0 Å². The molecule has 4 nitrogen and oxygen atoms in total. The van der Waals surface area contributed by atoms with Gasteiger partial charge >= 0.3 is 0 Å². The second-order valence-electron chi connectivity index (χ2n) is 8.13. The van der Waals surface area contributed by atoms with E-state index in [0.717, 1.165) is 24.5 Å². The molecule has 0 saturated carbocycles. The topological polar surface area (TPSA) is 33.1 Å². The molecular weight excluding hydrogens is 344 g/mol. The number of benzene rings is 2. The third kappa shape index (κ3) is 3.39. The number of hydrogen-bond donors (Lipinski definition) is 1. The average Bonchev–Trinajstić information content (AvgIpc) is 2.88. The molecule has 0 radical (unpaired) electrons. The predicted molar refractivity (Wildman–Crippen MR) is 119 cm³/mol. The van der Waals surface area contributed by atoms with Gasteiger partial charge in [-0.15, -0.1) is 0 Å². The molecule has 0 spiro atoms. The lowest BCUT2D eigenvalue weighted by Gasteiger charge is -2.15. The number of anilines is 2. The van der Waals surface area contributed by atoms with Crippen LogP contribution in [0.15, 0.2) is 48.5 Å². The molecule has 4 rings (SSSR count). The van der Waals surface area contributed by atoms with E-state index >= 15 is 0 Å². The van der Waals surface area contributed by atoms with Crippen molar-refractivity contribution in [2.75, 3.05) is 30.9 Å². The summed E-state index contributed by atoms with van der Waals surface area (Å²) < 4.78 is 2.15. The van der Waals surface area contributed by atoms with Gasteiger partial charge in [-0.05, 0) is 48.9 Å². The van der Waals surface area contributed by atoms with Crippen LogP contribution in [0.5, 0.6) is 0 Å². The Morgan fingerprint density at radius 3 is 2.64 bits per heavy atom. The molecule has 0 amide bonds. The minimum Gasteiger partial charge on any atom is -0.378 e. The quantitative estimate of drug-likeness (QED) is 0.657. The van der Waals surface area contributed by atoms with Crippen molar-refractivity contribution >= 4 is 11.5 Å². The Kier molecular flexibility index (Phi) is 5.12. The fourth-order valence-corrected chi connectivity index (χ4v) is 4.01. The first kappa shape index (κ1) is 18.6. The maximum atomic E-state index is 5.15. The maximum Gasteiger partial charge on any atom is 0.133 e. The van der Waals surface area contributed by atoms with Crippen LogP contribution in [0.4, 0.5) is 11.5 Å². The molecule has 146 valence electrons. The average molecular weight is 375 g/mol. The number of para-hydroxylation sites is 1. The highest BCUT2D eigenvalue weighted by molar-refractivity contribution is 5.74. The van der Waals surface area contributed by atoms with E-state index in [2.05, 4.69) is 91.4 Å². The number of nitrogens with one attached hydrogen (secondary N) is 1. The van der Waals surface area contributed by atoms with Gasteiger partial charge in [0, 0.05) is 37.5 Å².